The molecule has 282 valence electrons. The number of allylic oxidation sites excluding steroid dienone is 3. The number of esters is 1. The van der Waals surface area contributed by atoms with Crippen LogP contribution in [-0.4, -0.2) is 104 Å². The number of nitrogens with zero attached hydrogens (tertiary/aromatic N) is 2. The Kier molecular flexibility index (Phi) is 12.5. The molecule has 0 aliphatic carbocycles. The molecule has 4 rings (SSSR count). The molecule has 0 spiro atoms. The number of anilines is 1. The van der Waals surface area contributed by atoms with Gasteiger partial charge in [-0.05, 0) is 50.8 Å². The van der Waals surface area contributed by atoms with Crippen LogP contribution in [0.3, 0.4) is 0 Å². The summed E-state index contributed by atoms with van der Waals surface area (Å²) in [5.74, 6) is -1.41. The van der Waals surface area contributed by atoms with Crippen LogP contribution in [0.4, 0.5) is 10.5 Å². The van der Waals surface area contributed by atoms with E-state index < -0.39 is 65.7 Å². The Balaban J connectivity index is 1.77. The minimum atomic E-state index is -1.82. The monoisotopic (exact) mass is 733 g/mol. The summed E-state index contributed by atoms with van der Waals surface area (Å²) in [5, 5.41) is 14.5. The number of alkyl carbamates (subject to hydrolysis) is 1. The van der Waals surface area contributed by atoms with Crippen molar-refractivity contribution in [1.82, 2.24) is 10.2 Å². The molecule has 3 amide bonds. The average Bonchev–Trinajstić information content (AvgIpc) is 3.76. The van der Waals surface area contributed by atoms with Gasteiger partial charge in [-0.15, -0.1) is 0 Å². The lowest BCUT2D eigenvalue weighted by atomic mass is 9.83. The molecule has 8 atom stereocenters. The maximum absolute atomic E-state index is 14.1. The molecule has 2 saturated heterocycles. The number of benzene rings is 1. The Morgan fingerprint density at radius 2 is 1.90 bits per heavy atom. The SMILES string of the molecule is COc1cc2cc(c1Cl)N(C)C(=O)C[C@H](OC(=O)[C@@H](C)N(C)C(=O)CC(C)C)[C@]1(C)O[C@@H]1[C@H](C)[C@@H]1C[C@@](O)(NC(=O)O1)[C@H](OC)/C=C/C=C(/C)C2. The number of carbonyl (C=O) groups is 4. The number of hydrogen-bond donors (Lipinski definition) is 2. The van der Waals surface area contributed by atoms with Gasteiger partial charge in [0.1, 0.15) is 40.7 Å². The Morgan fingerprint density at radius 3 is 2.53 bits per heavy atom. The van der Waals surface area contributed by atoms with Crippen LogP contribution in [0.5, 0.6) is 5.75 Å². The van der Waals surface area contributed by atoms with E-state index in [4.69, 9.17) is 35.3 Å². The van der Waals surface area contributed by atoms with E-state index >= 15 is 0 Å². The van der Waals surface area contributed by atoms with Gasteiger partial charge in [-0.1, -0.05) is 56.2 Å². The number of amides is 3. The number of rotatable bonds is 7. The van der Waals surface area contributed by atoms with E-state index in [9.17, 15) is 24.3 Å². The largest absolute Gasteiger partial charge is 0.495 e. The molecular weight excluding hydrogens is 682 g/mol. The number of nitrogens with one attached hydrogen (secondary N) is 1. The predicted octanol–water partition coefficient (Wildman–Crippen LogP) is 4.56. The Hall–Kier alpha value is -3.65. The van der Waals surface area contributed by atoms with E-state index in [0.717, 1.165) is 11.1 Å². The van der Waals surface area contributed by atoms with Gasteiger partial charge in [0, 0.05) is 40.0 Å². The molecule has 3 aliphatic heterocycles. The van der Waals surface area contributed by atoms with Gasteiger partial charge in [0.2, 0.25) is 11.8 Å². The molecule has 51 heavy (non-hydrogen) atoms. The molecule has 0 saturated carbocycles. The van der Waals surface area contributed by atoms with Gasteiger partial charge in [0.05, 0.1) is 25.3 Å². The first kappa shape index (κ1) is 40.1. The van der Waals surface area contributed by atoms with E-state index in [1.54, 1.807) is 52.1 Å². The molecule has 0 aromatic heterocycles. The molecule has 0 radical (unpaired) electrons. The fourth-order valence-electron chi connectivity index (χ4n) is 6.71. The summed E-state index contributed by atoms with van der Waals surface area (Å²) in [5.41, 5.74) is -0.878. The van der Waals surface area contributed by atoms with Crippen LogP contribution in [0.2, 0.25) is 5.02 Å². The fraction of sp³-hybridized carbons (Fsp3) is 0.622. The van der Waals surface area contributed by atoms with Crippen molar-refractivity contribution in [3.05, 3.63) is 46.5 Å². The lowest BCUT2D eigenvalue weighted by molar-refractivity contribution is -0.162. The minimum Gasteiger partial charge on any atom is -0.495 e. The number of aliphatic hydroxyl groups is 1. The zero-order valence-electron chi connectivity index (χ0n) is 31.2. The summed E-state index contributed by atoms with van der Waals surface area (Å²) < 4.78 is 29.2. The molecule has 2 fully saturated rings. The van der Waals surface area contributed by atoms with Crippen molar-refractivity contribution in [2.24, 2.45) is 11.8 Å². The highest BCUT2D eigenvalue weighted by molar-refractivity contribution is 6.35. The summed E-state index contributed by atoms with van der Waals surface area (Å²) in [6.07, 6.45) is 1.26. The van der Waals surface area contributed by atoms with Gasteiger partial charge in [-0.3, -0.25) is 14.9 Å². The first-order valence-corrected chi connectivity index (χ1v) is 17.6. The van der Waals surface area contributed by atoms with Crippen LogP contribution in [-0.2, 0) is 39.8 Å². The summed E-state index contributed by atoms with van der Waals surface area (Å²) >= 11 is 6.75. The Morgan fingerprint density at radius 1 is 1.22 bits per heavy atom. The van der Waals surface area contributed by atoms with E-state index in [0.29, 0.717) is 17.9 Å². The minimum absolute atomic E-state index is 0.0442. The topological polar surface area (TPSA) is 156 Å². The summed E-state index contributed by atoms with van der Waals surface area (Å²) in [6, 6.07) is 2.64. The highest BCUT2D eigenvalue weighted by Crippen LogP contribution is 2.49. The number of hydrogen-bond acceptors (Lipinski definition) is 10. The molecule has 3 aliphatic rings. The Labute approximate surface area is 305 Å². The van der Waals surface area contributed by atoms with Gasteiger partial charge in [0.25, 0.3) is 0 Å². The van der Waals surface area contributed by atoms with E-state index in [1.807, 2.05) is 26.8 Å². The van der Waals surface area contributed by atoms with Crippen molar-refractivity contribution in [3.63, 3.8) is 0 Å². The number of likely N-dealkylation sites (N-methyl/N-ethyl adjacent to an activating group) is 1. The number of epoxide rings is 1. The molecular formula is C37H52ClN3O10. The van der Waals surface area contributed by atoms with Crippen molar-refractivity contribution >= 4 is 41.2 Å². The second kappa shape index (κ2) is 15.9. The number of methoxy groups -OCH3 is 2. The van der Waals surface area contributed by atoms with E-state index in [2.05, 4.69) is 5.32 Å². The van der Waals surface area contributed by atoms with Crippen LogP contribution in [0.1, 0.15) is 66.4 Å². The summed E-state index contributed by atoms with van der Waals surface area (Å²) in [6.45, 7) is 10.8. The van der Waals surface area contributed by atoms with Gasteiger partial charge < -0.3 is 38.6 Å². The van der Waals surface area contributed by atoms with Gasteiger partial charge in [-0.25, -0.2) is 9.59 Å². The maximum Gasteiger partial charge on any atom is 0.409 e. The summed E-state index contributed by atoms with van der Waals surface area (Å²) in [4.78, 5) is 56.1. The molecule has 4 bridgehead atoms. The lowest BCUT2D eigenvalue weighted by Crippen LogP contribution is -2.63. The van der Waals surface area contributed by atoms with Crippen LogP contribution in [0.25, 0.3) is 0 Å². The third-order valence-electron chi connectivity index (χ3n) is 10.1. The van der Waals surface area contributed by atoms with Crippen LogP contribution >= 0.6 is 11.6 Å². The number of halogens is 1. The highest BCUT2D eigenvalue weighted by Gasteiger charge is 2.64. The normalized spacial score (nSPS) is 32.1. The van der Waals surface area contributed by atoms with Gasteiger partial charge in [-0.2, -0.15) is 0 Å². The van der Waals surface area contributed by atoms with Crippen molar-refractivity contribution in [3.8, 4) is 5.75 Å². The van der Waals surface area contributed by atoms with E-state index in [1.165, 1.54) is 31.1 Å². The third kappa shape index (κ3) is 8.88. The molecule has 1 aromatic rings. The number of fused-ring (bicyclic) bond motifs is 5. The fourth-order valence-corrected chi connectivity index (χ4v) is 7.02. The average molecular weight is 734 g/mol. The summed E-state index contributed by atoms with van der Waals surface area (Å²) in [7, 11) is 6.04. The van der Waals surface area contributed by atoms with Crippen molar-refractivity contribution in [1.29, 1.82) is 0 Å². The molecule has 13 nitrogen and oxygen atoms in total. The van der Waals surface area contributed by atoms with Crippen LogP contribution in [0.15, 0.2) is 35.9 Å². The molecule has 3 heterocycles. The zero-order valence-corrected chi connectivity index (χ0v) is 31.9. The smallest absolute Gasteiger partial charge is 0.409 e. The standard InChI is InChI=1S/C37H52ClN3O10/c1-20(2)14-30(42)40(7)23(5)34(44)50-29-18-31(43)41(8)25-16-24(17-26(47-9)32(25)38)15-21(3)12-11-13-28(48-10)37(46)19-27(49-35(45)39-37)22(4)33-36(29,6)51-33/h11-13,16-17,20,22-23,27-29,33,46H,14-15,18-19H2,1-10H3,(H,39,45)/b13-11+,21-12-/t22-,23-,27+,28-,29+,33-,36+,37+/m1/s1. The zero-order chi connectivity index (χ0) is 38.0. The second-order valence-electron chi connectivity index (χ2n) is 14.5. The molecule has 1 aromatic carbocycles. The third-order valence-corrected chi connectivity index (χ3v) is 10.5. The van der Waals surface area contributed by atoms with Gasteiger partial charge >= 0.3 is 12.1 Å². The van der Waals surface area contributed by atoms with Crippen LogP contribution in [0, 0.1) is 11.8 Å². The quantitative estimate of drug-likeness (QED) is 0.301. The van der Waals surface area contributed by atoms with Gasteiger partial charge in [0.15, 0.2) is 5.72 Å². The first-order chi connectivity index (χ1) is 23.8. The molecule has 2 N–H and O–H groups in total. The Bertz CT molecular complexity index is 1560. The first-order valence-electron chi connectivity index (χ1n) is 17.2. The molecule has 14 heteroatoms. The van der Waals surface area contributed by atoms with Crippen molar-refractivity contribution in [2.75, 3.05) is 33.2 Å². The predicted molar refractivity (Wildman–Crippen MR) is 190 cm³/mol. The van der Waals surface area contributed by atoms with Crippen molar-refractivity contribution in [2.45, 2.75) is 109 Å². The lowest BCUT2D eigenvalue weighted by Gasteiger charge is -2.42. The maximum atomic E-state index is 14.1. The second-order valence-corrected chi connectivity index (χ2v) is 14.9. The highest BCUT2D eigenvalue weighted by atomic mass is 35.5. The number of carbonyl (C=O) groups excluding carboxylic acids is 4. The molecule has 0 unspecified atom stereocenters. The van der Waals surface area contributed by atoms with E-state index in [-0.39, 0.29) is 36.1 Å². The van der Waals surface area contributed by atoms with Crippen molar-refractivity contribution < 1.29 is 48.0 Å². The van der Waals surface area contributed by atoms with Crippen LogP contribution < -0.4 is 15.0 Å². The number of ether oxygens (including phenoxy) is 5.